The molecule has 112 valence electrons. The molecule has 0 aromatic heterocycles. The van der Waals surface area contributed by atoms with E-state index in [0.29, 0.717) is 23.6 Å². The fourth-order valence-corrected chi connectivity index (χ4v) is 3.17. The van der Waals surface area contributed by atoms with E-state index >= 15 is 0 Å². The summed E-state index contributed by atoms with van der Waals surface area (Å²) in [6.45, 7) is 2.34. The summed E-state index contributed by atoms with van der Waals surface area (Å²) < 4.78 is 13.6. The van der Waals surface area contributed by atoms with Gasteiger partial charge in [-0.1, -0.05) is 6.07 Å². The van der Waals surface area contributed by atoms with E-state index in [1.54, 1.807) is 24.0 Å². The van der Waals surface area contributed by atoms with Crippen LogP contribution < -0.4 is 0 Å². The molecule has 0 unspecified atom stereocenters. The van der Waals surface area contributed by atoms with Crippen LogP contribution in [0.2, 0.25) is 0 Å². The summed E-state index contributed by atoms with van der Waals surface area (Å²) in [6, 6.07) is 4.41. The van der Waals surface area contributed by atoms with Crippen molar-refractivity contribution < 1.29 is 19.1 Å². The number of carbonyl (C=O) groups is 2. The van der Waals surface area contributed by atoms with Gasteiger partial charge in [0.15, 0.2) is 0 Å². The third-order valence-electron chi connectivity index (χ3n) is 4.62. The number of carboxylic acid groups (broad SMARTS) is 1. The van der Waals surface area contributed by atoms with Gasteiger partial charge in [-0.3, -0.25) is 9.59 Å². The minimum atomic E-state index is -0.836. The van der Waals surface area contributed by atoms with Crippen LogP contribution in [0.25, 0.3) is 0 Å². The maximum atomic E-state index is 13.6. The second-order valence-corrected chi connectivity index (χ2v) is 6.12. The predicted molar refractivity (Wildman–Crippen MR) is 74.4 cm³/mol. The lowest BCUT2D eigenvalue weighted by atomic mass is 9.92. The number of aryl methyl sites for hydroxylation is 1. The highest BCUT2D eigenvalue weighted by Crippen LogP contribution is 2.44. The van der Waals surface area contributed by atoms with Crippen molar-refractivity contribution in [2.75, 3.05) is 13.1 Å². The Bertz CT molecular complexity index is 597. The molecule has 2 aliphatic rings. The van der Waals surface area contributed by atoms with Crippen LogP contribution >= 0.6 is 0 Å². The summed E-state index contributed by atoms with van der Waals surface area (Å²) >= 11 is 0. The number of halogens is 1. The molecule has 1 amide bonds. The molecule has 1 aromatic rings. The SMILES string of the molecule is Cc1ccc(C(=O)N2C[C@H](C(=O)O)[C@@H](C3CC3)C2)cc1F. The van der Waals surface area contributed by atoms with Crippen molar-refractivity contribution in [1.29, 1.82) is 0 Å². The van der Waals surface area contributed by atoms with Gasteiger partial charge in [0.05, 0.1) is 5.92 Å². The van der Waals surface area contributed by atoms with Crippen LogP contribution in [-0.2, 0) is 4.79 Å². The molecule has 1 saturated carbocycles. The Morgan fingerprint density at radius 3 is 2.57 bits per heavy atom. The minimum absolute atomic E-state index is 0.0433. The number of amides is 1. The Morgan fingerprint density at radius 1 is 1.29 bits per heavy atom. The number of hydrogen-bond acceptors (Lipinski definition) is 2. The predicted octanol–water partition coefficient (Wildman–Crippen LogP) is 2.32. The quantitative estimate of drug-likeness (QED) is 0.929. The van der Waals surface area contributed by atoms with Crippen molar-refractivity contribution in [3.8, 4) is 0 Å². The summed E-state index contributed by atoms with van der Waals surface area (Å²) in [7, 11) is 0. The number of likely N-dealkylation sites (tertiary alicyclic amines) is 1. The maximum absolute atomic E-state index is 13.6. The number of benzene rings is 1. The van der Waals surface area contributed by atoms with E-state index in [-0.39, 0.29) is 18.4 Å². The number of aliphatic carboxylic acids is 1. The number of carbonyl (C=O) groups excluding carboxylic acids is 1. The molecular formula is C16H18FNO3. The molecular weight excluding hydrogens is 273 g/mol. The second kappa shape index (κ2) is 5.13. The molecule has 0 bridgehead atoms. The van der Waals surface area contributed by atoms with Gasteiger partial charge in [-0.15, -0.1) is 0 Å². The molecule has 1 N–H and O–H groups in total. The van der Waals surface area contributed by atoms with Crippen molar-refractivity contribution in [2.45, 2.75) is 19.8 Å². The largest absolute Gasteiger partial charge is 0.481 e. The summed E-state index contributed by atoms with van der Waals surface area (Å²) in [6.07, 6.45) is 2.10. The summed E-state index contributed by atoms with van der Waals surface area (Å²) in [5.41, 5.74) is 0.783. The lowest BCUT2D eigenvalue weighted by molar-refractivity contribution is -0.142. The zero-order chi connectivity index (χ0) is 15.1. The average molecular weight is 291 g/mol. The lowest BCUT2D eigenvalue weighted by Crippen LogP contribution is -2.30. The zero-order valence-corrected chi connectivity index (χ0v) is 11.9. The Balaban J connectivity index is 1.78. The van der Waals surface area contributed by atoms with Crippen molar-refractivity contribution >= 4 is 11.9 Å². The van der Waals surface area contributed by atoms with Gasteiger partial charge in [-0.25, -0.2) is 4.39 Å². The smallest absolute Gasteiger partial charge is 0.308 e. The first-order valence-corrected chi connectivity index (χ1v) is 7.25. The standard InChI is InChI=1S/C16H18FNO3/c1-9-2-3-11(6-14(9)17)15(19)18-7-12(10-4-5-10)13(8-18)16(20)21/h2-3,6,10,12-13H,4-5,7-8H2,1H3,(H,20,21)/t12-,13+/m1/s1. The van der Waals surface area contributed by atoms with Gasteiger partial charge in [-0.2, -0.15) is 0 Å². The molecule has 2 atom stereocenters. The number of nitrogens with zero attached hydrogens (tertiary/aromatic N) is 1. The van der Waals surface area contributed by atoms with Crippen LogP contribution in [0.3, 0.4) is 0 Å². The van der Waals surface area contributed by atoms with E-state index in [2.05, 4.69) is 0 Å². The Morgan fingerprint density at radius 2 is 2.00 bits per heavy atom. The van der Waals surface area contributed by atoms with Gasteiger partial charge < -0.3 is 10.0 Å². The third kappa shape index (κ3) is 2.64. The minimum Gasteiger partial charge on any atom is -0.481 e. The van der Waals surface area contributed by atoms with Crippen molar-refractivity contribution in [2.24, 2.45) is 17.8 Å². The van der Waals surface area contributed by atoms with Crippen LogP contribution in [0, 0.1) is 30.5 Å². The molecule has 1 aromatic carbocycles. The van der Waals surface area contributed by atoms with Gasteiger partial charge >= 0.3 is 5.97 Å². The molecule has 0 spiro atoms. The van der Waals surface area contributed by atoms with E-state index in [9.17, 15) is 19.1 Å². The molecule has 4 nitrogen and oxygen atoms in total. The highest BCUT2D eigenvalue weighted by Gasteiger charge is 2.46. The highest BCUT2D eigenvalue weighted by molar-refractivity contribution is 5.95. The monoisotopic (exact) mass is 291 g/mol. The van der Waals surface area contributed by atoms with Gasteiger partial charge in [0.25, 0.3) is 5.91 Å². The molecule has 5 heteroatoms. The van der Waals surface area contributed by atoms with Crippen LogP contribution in [0.5, 0.6) is 0 Å². The van der Waals surface area contributed by atoms with Crippen molar-refractivity contribution in [1.82, 2.24) is 4.90 Å². The first-order valence-electron chi connectivity index (χ1n) is 7.25. The van der Waals surface area contributed by atoms with E-state index in [1.165, 1.54) is 6.07 Å². The molecule has 1 aliphatic carbocycles. The van der Waals surface area contributed by atoms with Crippen LogP contribution in [0.1, 0.15) is 28.8 Å². The van der Waals surface area contributed by atoms with Gasteiger partial charge in [0.1, 0.15) is 5.82 Å². The highest BCUT2D eigenvalue weighted by atomic mass is 19.1. The van der Waals surface area contributed by atoms with Crippen LogP contribution in [0.15, 0.2) is 18.2 Å². The normalized spacial score (nSPS) is 25.1. The Hall–Kier alpha value is -1.91. The lowest BCUT2D eigenvalue weighted by Gasteiger charge is -2.16. The molecule has 2 fully saturated rings. The van der Waals surface area contributed by atoms with Crippen LogP contribution in [0.4, 0.5) is 4.39 Å². The molecule has 21 heavy (non-hydrogen) atoms. The maximum Gasteiger partial charge on any atom is 0.308 e. The number of carboxylic acids is 1. The average Bonchev–Trinajstić information content (AvgIpc) is 3.19. The van der Waals surface area contributed by atoms with E-state index in [0.717, 1.165) is 12.8 Å². The molecule has 1 aliphatic heterocycles. The summed E-state index contributed by atoms with van der Waals surface area (Å²) in [4.78, 5) is 25.3. The first kappa shape index (κ1) is 14.0. The van der Waals surface area contributed by atoms with E-state index in [1.807, 2.05) is 0 Å². The van der Waals surface area contributed by atoms with E-state index in [4.69, 9.17) is 0 Å². The number of rotatable bonds is 3. The fourth-order valence-electron chi connectivity index (χ4n) is 3.17. The summed E-state index contributed by atoms with van der Waals surface area (Å²) in [5, 5.41) is 9.31. The zero-order valence-electron chi connectivity index (χ0n) is 11.9. The third-order valence-corrected chi connectivity index (χ3v) is 4.62. The topological polar surface area (TPSA) is 57.6 Å². The molecule has 0 radical (unpaired) electrons. The van der Waals surface area contributed by atoms with Crippen molar-refractivity contribution in [3.05, 3.63) is 35.1 Å². The summed E-state index contributed by atoms with van der Waals surface area (Å²) in [5.74, 6) is -1.54. The van der Waals surface area contributed by atoms with E-state index < -0.39 is 17.7 Å². The van der Waals surface area contributed by atoms with Gasteiger partial charge in [-0.05, 0) is 49.3 Å². The van der Waals surface area contributed by atoms with Crippen LogP contribution in [-0.4, -0.2) is 35.0 Å². The molecule has 1 saturated heterocycles. The van der Waals surface area contributed by atoms with Crippen molar-refractivity contribution in [3.63, 3.8) is 0 Å². The van der Waals surface area contributed by atoms with Gasteiger partial charge in [0, 0.05) is 18.7 Å². The fraction of sp³-hybridized carbons (Fsp3) is 0.500. The first-order chi connectivity index (χ1) is 9.97. The Labute approximate surface area is 122 Å². The van der Waals surface area contributed by atoms with Gasteiger partial charge in [0.2, 0.25) is 0 Å². The molecule has 3 rings (SSSR count). The second-order valence-electron chi connectivity index (χ2n) is 6.12. The number of hydrogen-bond donors (Lipinski definition) is 1. The molecule has 1 heterocycles. The Kier molecular flexibility index (Phi) is 3.43.